The normalized spacial score (nSPS) is 25.7. The minimum atomic E-state index is -3.24. The molecule has 0 saturated carbocycles. The first-order valence-corrected chi connectivity index (χ1v) is 6.25. The van der Waals surface area contributed by atoms with Crippen molar-refractivity contribution in [2.75, 3.05) is 12.4 Å². The maximum atomic E-state index is 11.2. The van der Waals surface area contributed by atoms with Crippen LogP contribution in [0.5, 0.6) is 0 Å². The Morgan fingerprint density at radius 2 is 1.62 bits per heavy atom. The van der Waals surface area contributed by atoms with Crippen LogP contribution in [0.25, 0.3) is 0 Å². The van der Waals surface area contributed by atoms with Crippen LogP contribution >= 0.6 is 0 Å². The van der Waals surface area contributed by atoms with Crippen LogP contribution in [0.3, 0.4) is 0 Å². The van der Waals surface area contributed by atoms with Crippen LogP contribution in [0.15, 0.2) is 0 Å². The second-order valence-electron chi connectivity index (χ2n) is 4.51. The molecular formula is C9H18O3S. The first kappa shape index (κ1) is 11.0. The van der Waals surface area contributed by atoms with Gasteiger partial charge in [0.1, 0.15) is 0 Å². The van der Waals surface area contributed by atoms with Crippen LogP contribution < -0.4 is 0 Å². The highest BCUT2D eigenvalue weighted by Gasteiger charge is 2.47. The Hall–Kier alpha value is -0.0900. The molecule has 0 N–H and O–H groups in total. The van der Waals surface area contributed by atoms with E-state index in [0.29, 0.717) is 18.4 Å². The first-order valence-electron chi connectivity index (χ1n) is 4.67. The molecule has 0 unspecified atom stereocenters. The molecule has 1 aliphatic heterocycles. The summed E-state index contributed by atoms with van der Waals surface area (Å²) in [5, 5.41) is 0. The lowest BCUT2D eigenvalue weighted by molar-refractivity contribution is 0.100. The van der Waals surface area contributed by atoms with Gasteiger partial charge in [0.05, 0.1) is 12.4 Å². The van der Waals surface area contributed by atoms with Crippen molar-refractivity contribution in [1.82, 2.24) is 0 Å². The lowest BCUT2D eigenvalue weighted by Gasteiger charge is -2.34. The molecule has 1 saturated heterocycles. The van der Waals surface area contributed by atoms with Gasteiger partial charge in [-0.1, -0.05) is 27.7 Å². The zero-order chi connectivity index (χ0) is 10.3. The van der Waals surface area contributed by atoms with Gasteiger partial charge in [0, 0.05) is 5.41 Å². The van der Waals surface area contributed by atoms with E-state index in [4.69, 9.17) is 4.18 Å². The molecule has 1 rings (SSSR count). The van der Waals surface area contributed by atoms with Crippen LogP contribution in [-0.4, -0.2) is 20.8 Å². The van der Waals surface area contributed by atoms with Crippen LogP contribution in [0, 0.1) is 17.3 Å². The number of hydrogen-bond donors (Lipinski definition) is 0. The van der Waals surface area contributed by atoms with Gasteiger partial charge in [-0.05, 0) is 11.8 Å². The molecule has 0 aromatic carbocycles. The van der Waals surface area contributed by atoms with Crippen LogP contribution in [0.2, 0.25) is 0 Å². The Kier molecular flexibility index (Phi) is 2.74. The first-order chi connectivity index (χ1) is 5.80. The molecule has 0 radical (unpaired) electrons. The van der Waals surface area contributed by atoms with E-state index in [9.17, 15) is 8.42 Å². The molecule has 0 aliphatic carbocycles. The van der Waals surface area contributed by atoms with E-state index in [1.54, 1.807) is 0 Å². The van der Waals surface area contributed by atoms with Gasteiger partial charge in [-0.15, -0.1) is 0 Å². The molecule has 0 aromatic heterocycles. The van der Waals surface area contributed by atoms with Crippen molar-refractivity contribution in [1.29, 1.82) is 0 Å². The summed E-state index contributed by atoms with van der Waals surface area (Å²) < 4.78 is 27.3. The van der Waals surface area contributed by atoms with Crippen LogP contribution in [0.1, 0.15) is 27.7 Å². The Bertz CT molecular complexity index is 269. The molecule has 0 bridgehead atoms. The zero-order valence-electron chi connectivity index (χ0n) is 8.70. The predicted molar refractivity (Wildman–Crippen MR) is 51.8 cm³/mol. The average Bonchev–Trinajstić information content (AvgIpc) is 2.27. The summed E-state index contributed by atoms with van der Waals surface area (Å²) in [4.78, 5) is 0. The molecule has 4 heteroatoms. The van der Waals surface area contributed by atoms with E-state index >= 15 is 0 Å². The highest BCUT2D eigenvalue weighted by atomic mass is 32.2. The average molecular weight is 206 g/mol. The van der Waals surface area contributed by atoms with E-state index < -0.39 is 10.1 Å². The van der Waals surface area contributed by atoms with Crippen molar-refractivity contribution in [3.8, 4) is 0 Å². The SMILES string of the molecule is CC(C)C1(C(C)C)COS(=O)(=O)C1. The van der Waals surface area contributed by atoms with Gasteiger partial charge in [-0.2, -0.15) is 8.42 Å². The molecule has 1 heterocycles. The fourth-order valence-corrected chi connectivity index (χ4v) is 3.84. The zero-order valence-corrected chi connectivity index (χ0v) is 9.52. The fraction of sp³-hybridized carbons (Fsp3) is 1.00. The van der Waals surface area contributed by atoms with Crippen LogP contribution in [0.4, 0.5) is 0 Å². The molecule has 78 valence electrons. The smallest absolute Gasteiger partial charge is 0.267 e. The third-order valence-electron chi connectivity index (χ3n) is 3.25. The Labute approximate surface area is 80.6 Å². The third kappa shape index (κ3) is 1.89. The van der Waals surface area contributed by atoms with Gasteiger partial charge in [0.25, 0.3) is 10.1 Å². The molecule has 0 amide bonds. The monoisotopic (exact) mass is 206 g/mol. The van der Waals surface area contributed by atoms with Gasteiger partial charge in [0.2, 0.25) is 0 Å². The van der Waals surface area contributed by atoms with Gasteiger partial charge < -0.3 is 0 Å². The summed E-state index contributed by atoms with van der Waals surface area (Å²) in [5.74, 6) is 0.851. The van der Waals surface area contributed by atoms with Crippen molar-refractivity contribution in [2.45, 2.75) is 27.7 Å². The van der Waals surface area contributed by atoms with Crippen LogP contribution in [-0.2, 0) is 14.3 Å². The van der Waals surface area contributed by atoms with Crippen molar-refractivity contribution in [2.24, 2.45) is 17.3 Å². The Morgan fingerprint density at radius 3 is 1.77 bits per heavy atom. The summed E-state index contributed by atoms with van der Waals surface area (Å²) in [5.41, 5.74) is -0.182. The van der Waals surface area contributed by atoms with Gasteiger partial charge in [-0.3, -0.25) is 4.18 Å². The lowest BCUT2D eigenvalue weighted by atomic mass is 9.71. The standard InChI is InChI=1S/C9H18O3S/c1-7(2)9(8(3)4)5-12-13(10,11)6-9/h7-8H,5-6H2,1-4H3. The lowest BCUT2D eigenvalue weighted by Crippen LogP contribution is -2.37. The van der Waals surface area contributed by atoms with Crippen molar-refractivity contribution >= 4 is 10.1 Å². The maximum Gasteiger partial charge on any atom is 0.267 e. The third-order valence-corrected chi connectivity index (χ3v) is 4.62. The summed E-state index contributed by atoms with van der Waals surface area (Å²) in [6.07, 6.45) is 0. The van der Waals surface area contributed by atoms with Crippen molar-refractivity contribution in [3.05, 3.63) is 0 Å². The summed E-state index contributed by atoms with van der Waals surface area (Å²) in [6.45, 7) is 8.59. The highest BCUT2D eigenvalue weighted by Crippen LogP contribution is 2.42. The largest absolute Gasteiger partial charge is 0.269 e. The Morgan fingerprint density at radius 1 is 1.15 bits per heavy atom. The summed E-state index contributed by atoms with van der Waals surface area (Å²) >= 11 is 0. The minimum Gasteiger partial charge on any atom is -0.269 e. The Balaban J connectivity index is 2.97. The summed E-state index contributed by atoms with van der Waals surface area (Å²) in [6, 6.07) is 0. The van der Waals surface area contributed by atoms with E-state index in [1.807, 2.05) is 0 Å². The molecule has 3 nitrogen and oxygen atoms in total. The van der Waals surface area contributed by atoms with E-state index in [0.717, 1.165) is 0 Å². The molecule has 1 fully saturated rings. The second kappa shape index (κ2) is 3.24. The van der Waals surface area contributed by atoms with Crippen molar-refractivity contribution in [3.63, 3.8) is 0 Å². The maximum absolute atomic E-state index is 11.2. The quantitative estimate of drug-likeness (QED) is 0.645. The van der Waals surface area contributed by atoms with E-state index in [1.165, 1.54) is 0 Å². The minimum absolute atomic E-state index is 0.176. The number of hydrogen-bond acceptors (Lipinski definition) is 3. The predicted octanol–water partition coefficient (Wildman–Crippen LogP) is 1.64. The molecule has 13 heavy (non-hydrogen) atoms. The topological polar surface area (TPSA) is 43.4 Å². The highest BCUT2D eigenvalue weighted by molar-refractivity contribution is 7.87. The second-order valence-corrected chi connectivity index (χ2v) is 6.15. The molecule has 0 spiro atoms. The van der Waals surface area contributed by atoms with Gasteiger partial charge in [0.15, 0.2) is 0 Å². The molecule has 0 atom stereocenters. The van der Waals surface area contributed by atoms with Crippen molar-refractivity contribution < 1.29 is 12.6 Å². The van der Waals surface area contributed by atoms with E-state index in [2.05, 4.69) is 27.7 Å². The fourth-order valence-electron chi connectivity index (χ4n) is 1.95. The molecular weight excluding hydrogens is 188 g/mol. The number of rotatable bonds is 2. The van der Waals surface area contributed by atoms with Gasteiger partial charge >= 0.3 is 0 Å². The summed E-state index contributed by atoms with van der Waals surface area (Å²) in [7, 11) is -3.24. The molecule has 0 aromatic rings. The van der Waals surface area contributed by atoms with Gasteiger partial charge in [-0.25, -0.2) is 0 Å². The van der Waals surface area contributed by atoms with E-state index in [-0.39, 0.29) is 11.2 Å². The molecule has 1 aliphatic rings.